The van der Waals surface area contributed by atoms with Crippen molar-refractivity contribution in [1.29, 1.82) is 0 Å². The Morgan fingerprint density at radius 2 is 2.03 bits per heavy atom. The molecule has 0 aliphatic rings. The molecule has 150 valence electrons. The molecule has 29 heavy (non-hydrogen) atoms. The molecule has 0 saturated heterocycles. The van der Waals surface area contributed by atoms with Crippen molar-refractivity contribution in [2.24, 2.45) is 0 Å². The summed E-state index contributed by atoms with van der Waals surface area (Å²) in [5.41, 5.74) is 1.89. The van der Waals surface area contributed by atoms with Crippen LogP contribution in [0, 0.1) is 0 Å². The van der Waals surface area contributed by atoms with Gasteiger partial charge in [-0.25, -0.2) is 0 Å². The molecule has 4 rings (SSSR count). The SMILES string of the molecule is CCCNC(=O)CSc1nnc2n(CCc3ccccc3)c(=O)c3sccc3n12. The first-order valence-electron chi connectivity index (χ1n) is 9.47. The maximum atomic E-state index is 13.0. The molecule has 0 radical (unpaired) electrons. The van der Waals surface area contributed by atoms with Gasteiger partial charge in [-0.2, -0.15) is 0 Å². The zero-order chi connectivity index (χ0) is 20.2. The molecule has 1 N–H and O–H groups in total. The summed E-state index contributed by atoms with van der Waals surface area (Å²) in [4.78, 5) is 25.0. The predicted molar refractivity (Wildman–Crippen MR) is 117 cm³/mol. The molecule has 0 fully saturated rings. The Balaban J connectivity index is 1.68. The summed E-state index contributed by atoms with van der Waals surface area (Å²) in [5, 5.41) is 13.9. The second kappa shape index (κ2) is 8.79. The second-order valence-electron chi connectivity index (χ2n) is 6.58. The van der Waals surface area contributed by atoms with Crippen LogP contribution in [-0.4, -0.2) is 37.4 Å². The number of thiophene rings is 1. The van der Waals surface area contributed by atoms with Crippen LogP contribution in [0.3, 0.4) is 0 Å². The number of fused-ring (bicyclic) bond motifs is 3. The first kappa shape index (κ1) is 19.7. The largest absolute Gasteiger partial charge is 0.355 e. The fourth-order valence-electron chi connectivity index (χ4n) is 3.13. The van der Waals surface area contributed by atoms with E-state index in [9.17, 15) is 9.59 Å². The van der Waals surface area contributed by atoms with E-state index in [1.165, 1.54) is 23.1 Å². The quantitative estimate of drug-likeness (QED) is 0.437. The van der Waals surface area contributed by atoms with Crippen molar-refractivity contribution < 1.29 is 4.79 Å². The summed E-state index contributed by atoms with van der Waals surface area (Å²) in [6, 6.07) is 12.0. The van der Waals surface area contributed by atoms with Crippen molar-refractivity contribution in [2.45, 2.75) is 31.5 Å². The molecule has 3 heterocycles. The lowest BCUT2D eigenvalue weighted by Crippen LogP contribution is -2.26. The summed E-state index contributed by atoms with van der Waals surface area (Å²) < 4.78 is 4.23. The van der Waals surface area contributed by atoms with Crippen molar-refractivity contribution in [2.75, 3.05) is 12.3 Å². The highest BCUT2D eigenvalue weighted by molar-refractivity contribution is 7.99. The summed E-state index contributed by atoms with van der Waals surface area (Å²) in [5.74, 6) is 0.733. The van der Waals surface area contributed by atoms with Gasteiger partial charge in [-0.05, 0) is 29.9 Å². The first-order chi connectivity index (χ1) is 14.2. The van der Waals surface area contributed by atoms with Gasteiger partial charge in [0.15, 0.2) is 5.16 Å². The molecule has 3 aromatic heterocycles. The van der Waals surface area contributed by atoms with Gasteiger partial charge in [-0.15, -0.1) is 21.5 Å². The summed E-state index contributed by atoms with van der Waals surface area (Å²) in [6.45, 7) is 3.19. The number of carbonyl (C=O) groups is 1. The van der Waals surface area contributed by atoms with Gasteiger partial charge < -0.3 is 5.32 Å². The van der Waals surface area contributed by atoms with E-state index in [-0.39, 0.29) is 17.2 Å². The number of rotatable bonds is 8. The van der Waals surface area contributed by atoms with E-state index in [2.05, 4.69) is 15.5 Å². The number of nitrogens with one attached hydrogen (secondary N) is 1. The molecule has 7 nitrogen and oxygen atoms in total. The molecule has 0 unspecified atom stereocenters. The van der Waals surface area contributed by atoms with Gasteiger partial charge in [-0.3, -0.25) is 18.6 Å². The minimum atomic E-state index is -0.0527. The van der Waals surface area contributed by atoms with Crippen molar-refractivity contribution in [1.82, 2.24) is 24.5 Å². The minimum Gasteiger partial charge on any atom is -0.355 e. The molecule has 1 amide bonds. The Morgan fingerprint density at radius 1 is 1.21 bits per heavy atom. The van der Waals surface area contributed by atoms with Gasteiger partial charge in [0.05, 0.1) is 11.3 Å². The lowest BCUT2D eigenvalue weighted by Gasteiger charge is -2.09. The average molecular weight is 428 g/mol. The van der Waals surface area contributed by atoms with E-state index in [0.717, 1.165) is 23.9 Å². The minimum absolute atomic E-state index is 0.0347. The Bertz CT molecular complexity index is 1200. The van der Waals surface area contributed by atoms with Gasteiger partial charge in [0.1, 0.15) is 4.70 Å². The van der Waals surface area contributed by atoms with Gasteiger partial charge in [0, 0.05) is 13.1 Å². The molecule has 0 bridgehead atoms. The molecule has 0 aliphatic carbocycles. The number of nitrogens with zero attached hydrogens (tertiary/aromatic N) is 4. The lowest BCUT2D eigenvalue weighted by atomic mass is 10.1. The van der Waals surface area contributed by atoms with Crippen LogP contribution in [0.4, 0.5) is 0 Å². The van der Waals surface area contributed by atoms with Gasteiger partial charge in [0.2, 0.25) is 11.7 Å². The van der Waals surface area contributed by atoms with Crippen LogP contribution in [0.2, 0.25) is 0 Å². The van der Waals surface area contributed by atoms with Crippen LogP contribution < -0.4 is 10.9 Å². The summed E-state index contributed by atoms with van der Waals surface area (Å²) in [6.07, 6.45) is 1.62. The Hall–Kier alpha value is -2.65. The third-order valence-corrected chi connectivity index (χ3v) is 6.37. The van der Waals surface area contributed by atoms with Crippen molar-refractivity contribution in [3.8, 4) is 0 Å². The monoisotopic (exact) mass is 427 g/mol. The highest BCUT2D eigenvalue weighted by Crippen LogP contribution is 2.24. The first-order valence-corrected chi connectivity index (χ1v) is 11.3. The highest BCUT2D eigenvalue weighted by atomic mass is 32.2. The van der Waals surface area contributed by atoms with Crippen LogP contribution >= 0.6 is 23.1 Å². The lowest BCUT2D eigenvalue weighted by molar-refractivity contribution is -0.118. The van der Waals surface area contributed by atoms with E-state index in [1.54, 1.807) is 4.57 Å². The molecule has 4 aromatic rings. The van der Waals surface area contributed by atoms with Crippen LogP contribution in [0.25, 0.3) is 16.0 Å². The highest BCUT2D eigenvalue weighted by Gasteiger charge is 2.18. The Labute approximate surface area is 175 Å². The number of amides is 1. The maximum Gasteiger partial charge on any atom is 0.272 e. The average Bonchev–Trinajstić information content (AvgIpc) is 3.38. The molecule has 1 aromatic carbocycles. The standard InChI is InChI=1S/C20H21N5O2S2/c1-2-10-21-16(26)13-29-20-23-22-19-24(11-8-14-6-4-3-5-7-14)18(27)17-15(25(19)20)9-12-28-17/h3-7,9,12H,2,8,10-11,13H2,1H3,(H,21,26). The third-order valence-electron chi connectivity index (χ3n) is 4.55. The summed E-state index contributed by atoms with van der Waals surface area (Å²) >= 11 is 2.74. The normalized spacial score (nSPS) is 11.3. The Kier molecular flexibility index (Phi) is 5.96. The number of hydrogen-bond acceptors (Lipinski definition) is 6. The second-order valence-corrected chi connectivity index (χ2v) is 8.44. The van der Waals surface area contributed by atoms with Gasteiger partial charge in [0.25, 0.3) is 5.56 Å². The number of thioether (sulfide) groups is 1. The fourth-order valence-corrected chi connectivity index (χ4v) is 4.72. The van der Waals surface area contributed by atoms with Crippen LogP contribution in [0.15, 0.2) is 51.7 Å². The number of aryl methyl sites for hydroxylation is 2. The van der Waals surface area contributed by atoms with E-state index in [4.69, 9.17) is 0 Å². The molecule has 0 aliphatic heterocycles. The van der Waals surface area contributed by atoms with Crippen molar-refractivity contribution >= 4 is 45.0 Å². The molecular formula is C20H21N5O2S2. The Morgan fingerprint density at radius 3 is 2.83 bits per heavy atom. The van der Waals surface area contributed by atoms with Crippen LogP contribution in [0.1, 0.15) is 18.9 Å². The number of hydrogen-bond donors (Lipinski definition) is 1. The van der Waals surface area contributed by atoms with E-state index < -0.39 is 0 Å². The zero-order valence-corrected chi connectivity index (χ0v) is 17.6. The van der Waals surface area contributed by atoms with Gasteiger partial charge in [-0.1, -0.05) is 49.0 Å². The topological polar surface area (TPSA) is 81.3 Å². The van der Waals surface area contributed by atoms with Crippen LogP contribution in [-0.2, 0) is 17.8 Å². The van der Waals surface area contributed by atoms with Crippen LogP contribution in [0.5, 0.6) is 0 Å². The van der Waals surface area contributed by atoms with E-state index in [0.29, 0.717) is 28.7 Å². The van der Waals surface area contributed by atoms with E-state index in [1.807, 2.05) is 53.1 Å². The van der Waals surface area contributed by atoms with Gasteiger partial charge >= 0.3 is 0 Å². The third kappa shape index (κ3) is 4.06. The zero-order valence-electron chi connectivity index (χ0n) is 16.0. The number of aromatic nitrogens is 4. The molecular weight excluding hydrogens is 406 g/mol. The molecule has 0 saturated carbocycles. The number of benzene rings is 1. The summed E-state index contributed by atoms with van der Waals surface area (Å²) in [7, 11) is 0. The molecule has 0 spiro atoms. The maximum absolute atomic E-state index is 13.0. The smallest absolute Gasteiger partial charge is 0.272 e. The fraction of sp³-hybridized carbons (Fsp3) is 0.300. The molecule has 9 heteroatoms. The van der Waals surface area contributed by atoms with Crippen molar-refractivity contribution in [3.63, 3.8) is 0 Å². The van der Waals surface area contributed by atoms with Crippen molar-refractivity contribution in [3.05, 3.63) is 57.7 Å². The predicted octanol–water partition coefficient (Wildman–Crippen LogP) is 2.97. The van der Waals surface area contributed by atoms with E-state index >= 15 is 0 Å². The molecule has 0 atom stereocenters. The number of carbonyl (C=O) groups excluding carboxylic acids is 1.